The molecule has 1 aliphatic heterocycles. The summed E-state index contributed by atoms with van der Waals surface area (Å²) in [7, 11) is -0.622. The Kier molecular flexibility index (Phi) is 6.17. The zero-order valence-electron chi connectivity index (χ0n) is 18.7. The van der Waals surface area contributed by atoms with Crippen molar-refractivity contribution in [1.82, 2.24) is 5.32 Å². The average Bonchev–Trinajstić information content (AvgIpc) is 3.07. The summed E-state index contributed by atoms with van der Waals surface area (Å²) < 4.78 is 57.4. The van der Waals surface area contributed by atoms with E-state index in [0.29, 0.717) is 27.8 Å². The van der Waals surface area contributed by atoms with E-state index in [1.807, 2.05) is 6.92 Å². The molecule has 2 aromatic carbocycles. The van der Waals surface area contributed by atoms with Crippen molar-refractivity contribution in [1.29, 1.82) is 0 Å². The van der Waals surface area contributed by atoms with Gasteiger partial charge in [-0.2, -0.15) is 0 Å². The van der Waals surface area contributed by atoms with Gasteiger partial charge in [-0.3, -0.25) is 9.10 Å². The van der Waals surface area contributed by atoms with Crippen molar-refractivity contribution in [2.45, 2.75) is 19.1 Å². The summed E-state index contributed by atoms with van der Waals surface area (Å²) in [5.41, 5.74) is 2.14. The Morgan fingerprint density at radius 2 is 1.97 bits per heavy atom. The number of methoxy groups -OCH3 is 1. The van der Waals surface area contributed by atoms with Gasteiger partial charge < -0.3 is 19.2 Å². The van der Waals surface area contributed by atoms with E-state index in [-0.39, 0.29) is 30.4 Å². The van der Waals surface area contributed by atoms with Gasteiger partial charge in [0, 0.05) is 36.7 Å². The van der Waals surface area contributed by atoms with Crippen molar-refractivity contribution >= 4 is 32.6 Å². The quantitative estimate of drug-likeness (QED) is 0.606. The maximum atomic E-state index is 13.5. The van der Waals surface area contributed by atoms with Crippen molar-refractivity contribution in [3.63, 3.8) is 0 Å². The molecule has 0 spiro atoms. The Labute approximate surface area is 191 Å². The van der Waals surface area contributed by atoms with Gasteiger partial charge in [0.1, 0.15) is 23.3 Å². The predicted molar refractivity (Wildman–Crippen MR) is 122 cm³/mol. The van der Waals surface area contributed by atoms with Crippen LogP contribution < -0.4 is 9.62 Å². The molecule has 1 aromatic heterocycles. The summed E-state index contributed by atoms with van der Waals surface area (Å²) >= 11 is 0. The molecule has 1 aliphatic rings. The molecule has 0 aliphatic carbocycles. The molecule has 2 heterocycles. The van der Waals surface area contributed by atoms with Crippen LogP contribution in [0.4, 0.5) is 10.1 Å². The van der Waals surface area contributed by atoms with Gasteiger partial charge in [-0.05, 0) is 37.3 Å². The number of anilines is 1. The number of hydrogen-bond donors (Lipinski definition) is 1. The van der Waals surface area contributed by atoms with Crippen molar-refractivity contribution < 1.29 is 31.5 Å². The number of benzene rings is 2. The highest BCUT2D eigenvalue weighted by atomic mass is 32.2. The number of amides is 1. The Morgan fingerprint density at radius 1 is 1.27 bits per heavy atom. The van der Waals surface area contributed by atoms with Gasteiger partial charge >= 0.3 is 0 Å². The van der Waals surface area contributed by atoms with E-state index in [4.69, 9.17) is 13.9 Å². The maximum absolute atomic E-state index is 13.5. The minimum atomic E-state index is -3.65. The standard InChI is InChI=1S/C23H25FN2O6S/c1-13-17-9-18-20(10-19(17)26(33(4,28)29)11-16(31-13)12-30-3)32-22(21(18)23(27)25-2)14-5-7-15(24)8-6-14/h5-10,13,16H,11-12H2,1-4H3,(H,25,27). The number of carbonyl (C=O) groups excluding carboxylic acids is 1. The van der Waals surface area contributed by atoms with Crippen LogP contribution in [0.25, 0.3) is 22.3 Å². The van der Waals surface area contributed by atoms with Gasteiger partial charge in [0.15, 0.2) is 0 Å². The average molecular weight is 477 g/mol. The zero-order chi connectivity index (χ0) is 23.9. The molecule has 4 rings (SSSR count). The third-order valence-corrected chi connectivity index (χ3v) is 6.77. The van der Waals surface area contributed by atoms with Crippen LogP contribution in [0.5, 0.6) is 0 Å². The van der Waals surface area contributed by atoms with Crippen LogP contribution in [0.2, 0.25) is 0 Å². The largest absolute Gasteiger partial charge is 0.455 e. The molecule has 10 heteroatoms. The maximum Gasteiger partial charge on any atom is 0.255 e. The SMILES string of the molecule is CNC(=O)c1c(-c2ccc(F)cc2)oc2cc3c(cc12)C(C)OC(COC)CN3S(C)(=O)=O. The Morgan fingerprint density at radius 3 is 2.58 bits per heavy atom. The molecular weight excluding hydrogens is 451 g/mol. The highest BCUT2D eigenvalue weighted by Crippen LogP contribution is 2.42. The van der Waals surface area contributed by atoms with Crippen molar-refractivity contribution in [2.24, 2.45) is 0 Å². The number of rotatable bonds is 5. The third kappa shape index (κ3) is 4.33. The Hall–Kier alpha value is -2.95. The fourth-order valence-corrected chi connectivity index (χ4v) is 5.08. The molecule has 1 amide bonds. The van der Waals surface area contributed by atoms with Crippen LogP contribution in [0.15, 0.2) is 40.8 Å². The normalized spacial score (nSPS) is 18.8. The molecule has 1 N–H and O–H groups in total. The van der Waals surface area contributed by atoms with E-state index in [2.05, 4.69) is 5.32 Å². The first-order chi connectivity index (χ1) is 15.6. The molecule has 0 saturated carbocycles. The fourth-order valence-electron chi connectivity index (χ4n) is 4.13. The molecule has 176 valence electrons. The lowest BCUT2D eigenvalue weighted by Gasteiger charge is -2.24. The second-order valence-electron chi connectivity index (χ2n) is 7.95. The van der Waals surface area contributed by atoms with Crippen LogP contribution in [0, 0.1) is 5.82 Å². The van der Waals surface area contributed by atoms with Gasteiger partial charge in [0.05, 0.1) is 36.8 Å². The van der Waals surface area contributed by atoms with Crippen molar-refractivity contribution in [3.8, 4) is 11.3 Å². The molecule has 2 unspecified atom stereocenters. The highest BCUT2D eigenvalue weighted by Gasteiger charge is 2.33. The van der Waals surface area contributed by atoms with Crippen molar-refractivity contribution in [2.75, 3.05) is 37.9 Å². The molecule has 0 saturated heterocycles. The lowest BCUT2D eigenvalue weighted by atomic mass is 10.0. The molecular formula is C23H25FN2O6S. The number of carbonyl (C=O) groups is 1. The van der Waals surface area contributed by atoms with Gasteiger partial charge in [0.2, 0.25) is 10.0 Å². The Balaban J connectivity index is 1.98. The molecule has 0 radical (unpaired) electrons. The van der Waals surface area contributed by atoms with E-state index in [0.717, 1.165) is 6.26 Å². The summed E-state index contributed by atoms with van der Waals surface area (Å²) in [4.78, 5) is 12.8. The monoisotopic (exact) mass is 476 g/mol. The van der Waals surface area contributed by atoms with E-state index in [9.17, 15) is 17.6 Å². The smallest absolute Gasteiger partial charge is 0.255 e. The number of halogens is 1. The van der Waals surface area contributed by atoms with Gasteiger partial charge in [-0.25, -0.2) is 12.8 Å². The number of hydrogen-bond acceptors (Lipinski definition) is 6. The minimum Gasteiger partial charge on any atom is -0.455 e. The zero-order valence-corrected chi connectivity index (χ0v) is 19.5. The molecule has 33 heavy (non-hydrogen) atoms. The summed E-state index contributed by atoms with van der Waals surface area (Å²) in [6.07, 6.45) is 0.174. The van der Waals surface area contributed by atoms with E-state index >= 15 is 0 Å². The lowest BCUT2D eigenvalue weighted by Crippen LogP contribution is -2.38. The molecule has 2 atom stereocenters. The van der Waals surface area contributed by atoms with Gasteiger partial charge in [0.25, 0.3) is 5.91 Å². The number of nitrogens with zero attached hydrogens (tertiary/aromatic N) is 1. The van der Waals surface area contributed by atoms with Gasteiger partial charge in [-0.15, -0.1) is 0 Å². The van der Waals surface area contributed by atoms with Crippen LogP contribution in [0.1, 0.15) is 28.9 Å². The summed E-state index contributed by atoms with van der Waals surface area (Å²) in [6, 6.07) is 8.94. The number of sulfonamides is 1. The summed E-state index contributed by atoms with van der Waals surface area (Å²) in [6.45, 7) is 2.11. The number of fused-ring (bicyclic) bond motifs is 2. The number of furan rings is 1. The molecule has 8 nitrogen and oxygen atoms in total. The second-order valence-corrected chi connectivity index (χ2v) is 9.86. The third-order valence-electron chi connectivity index (χ3n) is 5.62. The summed E-state index contributed by atoms with van der Waals surface area (Å²) in [5.74, 6) is -0.530. The lowest BCUT2D eigenvalue weighted by molar-refractivity contribution is -0.0331. The first-order valence-electron chi connectivity index (χ1n) is 10.3. The first-order valence-corrected chi connectivity index (χ1v) is 12.2. The molecule has 0 bridgehead atoms. The van der Waals surface area contributed by atoms with Crippen LogP contribution >= 0.6 is 0 Å². The number of nitrogens with one attached hydrogen (secondary N) is 1. The summed E-state index contributed by atoms with van der Waals surface area (Å²) in [5, 5.41) is 3.12. The van der Waals surface area contributed by atoms with Crippen LogP contribution in [0.3, 0.4) is 0 Å². The van der Waals surface area contributed by atoms with E-state index < -0.39 is 28.0 Å². The highest BCUT2D eigenvalue weighted by molar-refractivity contribution is 7.92. The van der Waals surface area contributed by atoms with E-state index in [1.54, 1.807) is 12.1 Å². The van der Waals surface area contributed by atoms with Crippen LogP contribution in [-0.2, 0) is 19.5 Å². The minimum absolute atomic E-state index is 0.0728. The predicted octanol–water partition coefficient (Wildman–Crippen LogP) is 3.47. The second kappa shape index (κ2) is 8.77. The van der Waals surface area contributed by atoms with Crippen molar-refractivity contribution in [3.05, 3.63) is 53.3 Å². The fraction of sp³-hybridized carbons (Fsp3) is 0.348. The molecule has 0 fully saturated rings. The first kappa shape index (κ1) is 23.2. The topological polar surface area (TPSA) is 98.1 Å². The Bertz CT molecular complexity index is 1300. The van der Waals surface area contributed by atoms with E-state index in [1.165, 1.54) is 42.7 Å². The van der Waals surface area contributed by atoms with Gasteiger partial charge in [-0.1, -0.05) is 0 Å². The molecule has 3 aromatic rings. The number of ether oxygens (including phenoxy) is 2. The van der Waals surface area contributed by atoms with Crippen LogP contribution in [-0.4, -0.2) is 54.0 Å².